The van der Waals surface area contributed by atoms with Crippen molar-refractivity contribution < 1.29 is 14.5 Å². The SMILES string of the molecule is Brc1ccc(I)cc1.Clc1cccc(-c2ccccc2-n2c3ccccc3c3ccccc32)c1.Clc1cccc(Br)c1.OB(O)c1ccccc1-n1c2ccccc2c2ccccc21.c1ccc(-c2ccc(Nc3ccc(-c4cccc5c4oc4ccccc45)cc3)cc2)cc1. The van der Waals surface area contributed by atoms with Gasteiger partial charge in [0.05, 0.1) is 27.8 Å². The van der Waals surface area contributed by atoms with Gasteiger partial charge in [-0.1, -0.05) is 273 Å². The van der Waals surface area contributed by atoms with Crippen LogP contribution in [0.1, 0.15) is 0 Å². The maximum Gasteiger partial charge on any atom is 0.490 e. The lowest BCUT2D eigenvalue weighted by molar-refractivity contribution is 0.425. The van der Waals surface area contributed by atoms with Crippen molar-refractivity contribution in [1.82, 2.24) is 9.13 Å². The molecule has 17 aromatic rings. The third-order valence-corrected chi connectivity index (χ3v) is 18.6. The molecule has 0 saturated heterocycles. The van der Waals surface area contributed by atoms with Crippen LogP contribution < -0.4 is 10.8 Å². The van der Waals surface area contributed by atoms with Crippen LogP contribution in [0.2, 0.25) is 10.0 Å². The average Bonchev–Trinajstić information content (AvgIpc) is 1.60. The standard InChI is InChI=1S/C30H21NO.C24H16ClN.C18H14BNO2.C6H4BrCl.C6H4BrI/c1-2-7-21(8-3-1)22-13-17-24(18-14-22)31-25-19-15-23(16-20-25)26-10-6-11-28-27-9-4-5-12-29(27)32-30(26)28;25-18-9-7-8-17(16-18)19-10-1-4-13-22(19)26-23-14-5-2-11-20(23)21-12-3-6-15-24(21)26;21-19(22)15-9-3-6-12-18(15)20-16-10-4-1-7-13(16)14-8-2-5-11-17(14)20;7-5-2-1-3-6(8)4-5;7-5-1-3-6(8)4-2-5/h1-20,31H;1-16H;1-12,21-22H;2*1-4H. The molecule has 3 heterocycles. The third-order valence-electron chi connectivity index (χ3n) is 16.4. The van der Waals surface area contributed by atoms with Gasteiger partial charge in [-0.2, -0.15) is 0 Å². The molecule has 3 N–H and O–H groups in total. The largest absolute Gasteiger partial charge is 0.490 e. The average molecular weight is 1530 g/mol. The minimum Gasteiger partial charge on any atom is -0.455 e. The Bertz CT molecular complexity index is 5360. The molecule has 0 amide bonds. The lowest BCUT2D eigenvalue weighted by atomic mass is 9.79. The zero-order chi connectivity index (χ0) is 65.9. The molecule has 0 aliphatic heterocycles. The van der Waals surface area contributed by atoms with E-state index in [1.165, 1.54) is 42.1 Å². The van der Waals surface area contributed by atoms with Gasteiger partial charge < -0.3 is 28.9 Å². The number of halogens is 5. The number of rotatable bonds is 8. The van der Waals surface area contributed by atoms with Gasteiger partial charge in [0.15, 0.2) is 0 Å². The van der Waals surface area contributed by atoms with E-state index in [0.717, 1.165) is 102 Å². The number of nitrogens with zero attached hydrogens (tertiary/aromatic N) is 2. The second kappa shape index (κ2) is 30.5. The van der Waals surface area contributed by atoms with Gasteiger partial charge in [-0.3, -0.25) is 0 Å². The summed E-state index contributed by atoms with van der Waals surface area (Å²) in [6.07, 6.45) is 0. The molecule has 0 fully saturated rings. The number of benzene rings is 14. The van der Waals surface area contributed by atoms with Gasteiger partial charge in [0.2, 0.25) is 0 Å². The number of furan rings is 1. The fourth-order valence-corrected chi connectivity index (χ4v) is 13.5. The number of fused-ring (bicyclic) bond motifs is 9. The summed E-state index contributed by atoms with van der Waals surface area (Å²) in [5.74, 6) is 0. The highest BCUT2D eigenvalue weighted by atomic mass is 127. The predicted molar refractivity (Wildman–Crippen MR) is 422 cm³/mol. The van der Waals surface area contributed by atoms with E-state index in [1.807, 2.05) is 115 Å². The number of aromatic nitrogens is 2. The van der Waals surface area contributed by atoms with E-state index in [2.05, 4.69) is 287 Å². The Morgan fingerprint density at radius 1 is 0.344 bits per heavy atom. The van der Waals surface area contributed by atoms with Gasteiger partial charge in [-0.25, -0.2) is 0 Å². The summed E-state index contributed by atoms with van der Waals surface area (Å²) >= 11 is 20.8. The van der Waals surface area contributed by atoms with E-state index in [-0.39, 0.29) is 0 Å². The van der Waals surface area contributed by atoms with Gasteiger partial charge >= 0.3 is 7.12 Å². The molecule has 0 aliphatic rings. The minimum atomic E-state index is -1.50. The Hall–Kier alpha value is -9.47. The van der Waals surface area contributed by atoms with Crippen LogP contribution in [0.5, 0.6) is 0 Å². The van der Waals surface area contributed by atoms with E-state index >= 15 is 0 Å². The first kappa shape index (κ1) is 65.2. The van der Waals surface area contributed by atoms with Gasteiger partial charge in [0.1, 0.15) is 11.2 Å². The van der Waals surface area contributed by atoms with Crippen molar-refractivity contribution in [3.05, 3.63) is 362 Å². The lowest BCUT2D eigenvalue weighted by Gasteiger charge is -2.14. The first-order valence-corrected chi connectivity index (χ1v) is 34.5. The molecule has 0 unspecified atom stereocenters. The van der Waals surface area contributed by atoms with Crippen LogP contribution >= 0.6 is 77.7 Å². The summed E-state index contributed by atoms with van der Waals surface area (Å²) in [6.45, 7) is 0. The molecular formula is C84H59BBr2Cl2IN3O3. The molecule has 17 rings (SSSR count). The highest BCUT2D eigenvalue weighted by Crippen LogP contribution is 2.39. The fourth-order valence-electron chi connectivity index (χ4n) is 12.0. The summed E-state index contributed by atoms with van der Waals surface area (Å²) < 4.78 is 14.1. The molecule has 0 spiro atoms. The highest BCUT2D eigenvalue weighted by molar-refractivity contribution is 14.1. The molecule has 0 radical (unpaired) electrons. The van der Waals surface area contributed by atoms with Gasteiger partial charge in [-0.15, -0.1) is 0 Å². The Kier molecular flexibility index (Phi) is 20.7. The van der Waals surface area contributed by atoms with E-state index in [1.54, 1.807) is 6.07 Å². The second-order valence-corrected chi connectivity index (χ2v) is 26.5. The van der Waals surface area contributed by atoms with Gasteiger partial charge in [0.25, 0.3) is 0 Å². The van der Waals surface area contributed by atoms with Crippen molar-refractivity contribution in [2.24, 2.45) is 0 Å². The first-order chi connectivity index (χ1) is 47.0. The molecule has 3 aromatic heterocycles. The summed E-state index contributed by atoms with van der Waals surface area (Å²) in [4.78, 5) is 0. The predicted octanol–water partition coefficient (Wildman–Crippen LogP) is 24.4. The van der Waals surface area contributed by atoms with Crippen LogP contribution in [0.3, 0.4) is 0 Å². The normalized spacial score (nSPS) is 10.9. The summed E-state index contributed by atoms with van der Waals surface area (Å²) in [6, 6.07) is 115. The van der Waals surface area contributed by atoms with Gasteiger partial charge in [0, 0.05) is 88.5 Å². The molecule has 466 valence electrons. The molecular weight excluding hydrogens is 1470 g/mol. The van der Waals surface area contributed by atoms with Crippen molar-refractivity contribution in [3.8, 4) is 44.8 Å². The Labute approximate surface area is 597 Å². The molecule has 96 heavy (non-hydrogen) atoms. The van der Waals surface area contributed by atoms with E-state index in [9.17, 15) is 10.0 Å². The topological polar surface area (TPSA) is 75.5 Å². The second-order valence-electron chi connectivity index (χ2n) is 22.5. The van der Waals surface area contributed by atoms with Crippen LogP contribution in [0.25, 0.3) is 110 Å². The highest BCUT2D eigenvalue weighted by Gasteiger charge is 2.21. The number of para-hydroxylation sites is 8. The molecule has 0 saturated carbocycles. The van der Waals surface area contributed by atoms with Crippen molar-refractivity contribution in [3.63, 3.8) is 0 Å². The number of hydrogen-bond donors (Lipinski definition) is 3. The van der Waals surface area contributed by atoms with Crippen LogP contribution in [0.4, 0.5) is 11.4 Å². The molecule has 0 aliphatic carbocycles. The first-order valence-electron chi connectivity index (χ1n) is 31.1. The van der Waals surface area contributed by atoms with Crippen molar-refractivity contribution in [2.75, 3.05) is 5.32 Å². The summed E-state index contributed by atoms with van der Waals surface area (Å²) in [5.41, 5.74) is 17.9. The van der Waals surface area contributed by atoms with Crippen LogP contribution in [0.15, 0.2) is 353 Å². The summed E-state index contributed by atoms with van der Waals surface area (Å²) in [5, 5.41) is 31.5. The zero-order valence-electron chi connectivity index (χ0n) is 51.5. The Morgan fingerprint density at radius 3 is 1.31 bits per heavy atom. The third kappa shape index (κ3) is 14.8. The monoisotopic (exact) mass is 1520 g/mol. The quantitative estimate of drug-likeness (QED) is 0.105. The molecule has 14 aromatic carbocycles. The van der Waals surface area contributed by atoms with Crippen LogP contribution in [0, 0.1) is 3.57 Å². The van der Waals surface area contributed by atoms with E-state index < -0.39 is 7.12 Å². The van der Waals surface area contributed by atoms with Gasteiger partial charge in [-0.05, 0) is 166 Å². The summed E-state index contributed by atoms with van der Waals surface area (Å²) in [7, 11) is -1.50. The molecule has 0 bridgehead atoms. The Balaban J connectivity index is 0.000000118. The van der Waals surface area contributed by atoms with Crippen molar-refractivity contribution in [2.45, 2.75) is 0 Å². The maximum absolute atomic E-state index is 9.69. The number of hydrogen-bond acceptors (Lipinski definition) is 4. The van der Waals surface area contributed by atoms with E-state index in [4.69, 9.17) is 27.6 Å². The van der Waals surface area contributed by atoms with Crippen LogP contribution in [-0.2, 0) is 0 Å². The minimum absolute atomic E-state index is 0.494. The van der Waals surface area contributed by atoms with Crippen molar-refractivity contribution in [1.29, 1.82) is 0 Å². The lowest BCUT2D eigenvalue weighted by Crippen LogP contribution is -2.33. The molecule has 12 heteroatoms. The Morgan fingerprint density at radius 2 is 0.771 bits per heavy atom. The number of anilines is 2. The van der Waals surface area contributed by atoms with Crippen LogP contribution in [-0.4, -0.2) is 26.3 Å². The van der Waals surface area contributed by atoms with Crippen molar-refractivity contribution >= 4 is 167 Å². The fraction of sp³-hybridized carbons (Fsp3) is 0. The maximum atomic E-state index is 9.69. The molecule has 6 nitrogen and oxygen atoms in total. The van der Waals surface area contributed by atoms with E-state index in [0.29, 0.717) is 5.46 Å². The molecule has 0 atom stereocenters. The zero-order valence-corrected chi connectivity index (χ0v) is 58.3. The number of nitrogens with one attached hydrogen (secondary N) is 1. The smallest absolute Gasteiger partial charge is 0.455 e.